The van der Waals surface area contributed by atoms with Gasteiger partial charge in [-0.1, -0.05) is 12.1 Å². The lowest BCUT2D eigenvalue weighted by Gasteiger charge is -2.49. The van der Waals surface area contributed by atoms with Gasteiger partial charge in [-0.25, -0.2) is 4.79 Å². The summed E-state index contributed by atoms with van der Waals surface area (Å²) in [5.41, 5.74) is -3.48. The number of rotatable bonds is 3. The molecule has 138 valence electrons. The zero-order valence-electron chi connectivity index (χ0n) is 13.4. The van der Waals surface area contributed by atoms with Crippen molar-refractivity contribution in [1.82, 2.24) is 15.2 Å². The van der Waals surface area contributed by atoms with E-state index in [1.165, 1.54) is 36.7 Å². The molecule has 2 amide bonds. The van der Waals surface area contributed by atoms with E-state index in [0.717, 1.165) is 18.4 Å². The van der Waals surface area contributed by atoms with Gasteiger partial charge in [-0.2, -0.15) is 13.2 Å². The highest BCUT2D eigenvalue weighted by Gasteiger charge is 2.69. The van der Waals surface area contributed by atoms with Crippen LogP contribution in [0, 0.1) is 5.92 Å². The van der Waals surface area contributed by atoms with Crippen LogP contribution in [-0.4, -0.2) is 45.8 Å². The Morgan fingerprint density at radius 2 is 2.12 bits per heavy atom. The number of amides is 2. The highest BCUT2D eigenvalue weighted by Crippen LogP contribution is 2.47. The second-order valence-electron chi connectivity index (χ2n) is 5.82. The van der Waals surface area contributed by atoms with Gasteiger partial charge in [-0.3, -0.25) is 14.7 Å². The first-order valence-electron chi connectivity index (χ1n) is 7.49. The number of aliphatic hydroxyl groups is 1. The third kappa shape index (κ3) is 2.74. The van der Waals surface area contributed by atoms with Crippen LogP contribution in [0.25, 0.3) is 0 Å². The highest BCUT2D eigenvalue weighted by molar-refractivity contribution is 7.12. The number of carbonyl (C=O) groups is 2. The van der Waals surface area contributed by atoms with Crippen molar-refractivity contribution in [2.24, 2.45) is 5.92 Å². The molecular weight excluding hydrogens is 371 g/mol. The molecule has 0 aliphatic carbocycles. The van der Waals surface area contributed by atoms with Gasteiger partial charge in [-0.15, -0.1) is 11.3 Å². The smallest absolute Gasteiger partial charge is 0.363 e. The van der Waals surface area contributed by atoms with E-state index >= 15 is 0 Å². The lowest BCUT2D eigenvalue weighted by atomic mass is 9.78. The van der Waals surface area contributed by atoms with Crippen molar-refractivity contribution in [3.8, 4) is 0 Å². The average molecular weight is 385 g/mol. The Morgan fingerprint density at radius 3 is 2.65 bits per heavy atom. The summed E-state index contributed by atoms with van der Waals surface area (Å²) >= 11 is 0.960. The molecule has 2 aromatic heterocycles. The first kappa shape index (κ1) is 18.3. The van der Waals surface area contributed by atoms with Crippen LogP contribution in [0.4, 0.5) is 18.0 Å². The van der Waals surface area contributed by atoms with Crippen LogP contribution in [-0.2, 0) is 0 Å². The van der Waals surface area contributed by atoms with Crippen LogP contribution in [0.15, 0.2) is 42.0 Å². The summed E-state index contributed by atoms with van der Waals surface area (Å²) in [6.07, 6.45) is -2.59. The van der Waals surface area contributed by atoms with Crippen LogP contribution >= 0.6 is 11.3 Å². The monoisotopic (exact) mass is 385 g/mol. The van der Waals surface area contributed by atoms with Crippen molar-refractivity contribution in [1.29, 1.82) is 0 Å². The van der Waals surface area contributed by atoms with E-state index in [2.05, 4.69) is 10.3 Å². The maximum atomic E-state index is 13.9. The Bertz CT molecular complexity index is 813. The highest BCUT2D eigenvalue weighted by atomic mass is 32.1. The Labute approximate surface area is 150 Å². The molecule has 2 aromatic rings. The van der Waals surface area contributed by atoms with Crippen molar-refractivity contribution < 1.29 is 27.9 Å². The summed E-state index contributed by atoms with van der Waals surface area (Å²) in [5.74, 6) is -2.92. The van der Waals surface area contributed by atoms with E-state index in [1.54, 1.807) is 5.38 Å². The largest absolute Gasteiger partial charge is 0.437 e. The number of hydrogen-bond donors (Lipinski definition) is 2. The Morgan fingerprint density at radius 1 is 1.38 bits per heavy atom. The fourth-order valence-electron chi connectivity index (χ4n) is 3.02. The molecule has 26 heavy (non-hydrogen) atoms. The van der Waals surface area contributed by atoms with Crippen LogP contribution in [0.1, 0.15) is 21.3 Å². The molecular formula is C16H14F3N3O3S. The SMILES string of the molecule is CN1C(=O)N[C@@H](c2cccnc2)[C@H](C(=O)c2cccs2)[C@]1(O)C(F)(F)F. The van der Waals surface area contributed by atoms with Crippen LogP contribution < -0.4 is 5.32 Å². The molecule has 3 rings (SSSR count). The minimum atomic E-state index is -5.25. The Hall–Kier alpha value is -2.46. The fraction of sp³-hybridized carbons (Fsp3) is 0.312. The summed E-state index contributed by atoms with van der Waals surface area (Å²) in [4.78, 5) is 29.0. The molecule has 0 aromatic carbocycles. The number of carbonyl (C=O) groups excluding carboxylic acids is 2. The summed E-state index contributed by atoms with van der Waals surface area (Å²) in [6, 6.07) is 3.27. The minimum absolute atomic E-state index is 0.0520. The van der Waals surface area contributed by atoms with Crippen molar-refractivity contribution in [2.45, 2.75) is 17.9 Å². The van der Waals surface area contributed by atoms with Crippen molar-refractivity contribution in [3.05, 3.63) is 52.5 Å². The van der Waals surface area contributed by atoms with Gasteiger partial charge in [0.1, 0.15) is 5.92 Å². The summed E-state index contributed by atoms with van der Waals surface area (Å²) in [6.45, 7) is 0. The number of nitrogens with zero attached hydrogens (tertiary/aromatic N) is 2. The topological polar surface area (TPSA) is 82.5 Å². The number of ketones is 1. The Kier molecular flexibility index (Phi) is 4.49. The molecule has 1 saturated heterocycles. The fourth-order valence-corrected chi connectivity index (χ4v) is 3.72. The Balaban J connectivity index is 2.20. The molecule has 6 nitrogen and oxygen atoms in total. The van der Waals surface area contributed by atoms with Gasteiger partial charge in [0.25, 0.3) is 5.72 Å². The molecule has 1 aliphatic heterocycles. The average Bonchev–Trinajstić information content (AvgIpc) is 3.13. The second-order valence-corrected chi connectivity index (χ2v) is 6.76. The first-order chi connectivity index (χ1) is 12.2. The number of pyridine rings is 1. The molecule has 0 bridgehead atoms. The zero-order chi connectivity index (χ0) is 19.1. The second kappa shape index (κ2) is 6.36. The first-order valence-corrected chi connectivity index (χ1v) is 8.37. The van der Waals surface area contributed by atoms with E-state index in [0.29, 0.717) is 0 Å². The maximum Gasteiger partial charge on any atom is 0.437 e. The molecule has 3 heterocycles. The predicted molar refractivity (Wildman–Crippen MR) is 86.4 cm³/mol. The van der Waals surface area contributed by atoms with Gasteiger partial charge in [0.15, 0.2) is 5.78 Å². The number of thiophene rings is 1. The molecule has 0 saturated carbocycles. The molecule has 1 fully saturated rings. The van der Waals surface area contributed by atoms with E-state index < -0.39 is 35.7 Å². The molecule has 1 aliphatic rings. The van der Waals surface area contributed by atoms with E-state index in [-0.39, 0.29) is 15.3 Å². The van der Waals surface area contributed by atoms with E-state index in [4.69, 9.17) is 0 Å². The molecule has 0 radical (unpaired) electrons. The van der Waals surface area contributed by atoms with Gasteiger partial charge in [0.2, 0.25) is 0 Å². The lowest BCUT2D eigenvalue weighted by molar-refractivity contribution is -0.322. The van der Waals surface area contributed by atoms with Gasteiger partial charge in [0, 0.05) is 19.4 Å². The number of aromatic nitrogens is 1. The van der Waals surface area contributed by atoms with E-state index in [9.17, 15) is 27.9 Å². The van der Waals surface area contributed by atoms with E-state index in [1.807, 2.05) is 0 Å². The van der Waals surface area contributed by atoms with Gasteiger partial charge >= 0.3 is 12.2 Å². The number of Topliss-reactive ketones (excluding diaryl/α,β-unsaturated/α-hetero) is 1. The standard InChI is InChI=1S/C16H14F3N3O3S/c1-22-14(24)21-12(9-4-2-6-20-8-9)11(15(22,25)16(17,18)19)13(23)10-5-3-7-26-10/h2-8,11-12,25H,1H3,(H,21,24)/t11-,12+,15+/m1/s1. The van der Waals surface area contributed by atoms with Crippen molar-refractivity contribution >= 4 is 23.2 Å². The normalized spacial score (nSPS) is 26.5. The number of urea groups is 1. The van der Waals surface area contributed by atoms with Gasteiger partial charge < -0.3 is 10.4 Å². The van der Waals surface area contributed by atoms with Crippen LogP contribution in [0.5, 0.6) is 0 Å². The van der Waals surface area contributed by atoms with Crippen LogP contribution in [0.3, 0.4) is 0 Å². The van der Waals surface area contributed by atoms with Crippen LogP contribution in [0.2, 0.25) is 0 Å². The predicted octanol–water partition coefficient (Wildman–Crippen LogP) is 2.59. The summed E-state index contributed by atoms with van der Waals surface area (Å²) in [5, 5.41) is 14.5. The lowest BCUT2D eigenvalue weighted by Crippen LogP contribution is -2.72. The van der Waals surface area contributed by atoms with Crippen molar-refractivity contribution in [3.63, 3.8) is 0 Å². The molecule has 0 unspecified atom stereocenters. The molecule has 0 spiro atoms. The maximum absolute atomic E-state index is 13.9. The van der Waals surface area contributed by atoms with Gasteiger partial charge in [-0.05, 0) is 23.1 Å². The zero-order valence-corrected chi connectivity index (χ0v) is 14.2. The summed E-state index contributed by atoms with van der Waals surface area (Å²) in [7, 11) is 0.803. The number of nitrogens with one attached hydrogen (secondary N) is 1. The number of alkyl halides is 3. The molecule has 2 N–H and O–H groups in total. The third-order valence-electron chi connectivity index (χ3n) is 4.37. The van der Waals surface area contributed by atoms with Gasteiger partial charge in [0.05, 0.1) is 10.9 Å². The quantitative estimate of drug-likeness (QED) is 0.796. The number of halogens is 3. The molecule has 3 atom stereocenters. The minimum Gasteiger partial charge on any atom is -0.363 e. The summed E-state index contributed by atoms with van der Waals surface area (Å²) < 4.78 is 41.6. The number of hydrogen-bond acceptors (Lipinski definition) is 5. The third-order valence-corrected chi connectivity index (χ3v) is 5.25. The van der Waals surface area contributed by atoms with Crippen molar-refractivity contribution in [2.75, 3.05) is 7.05 Å². The molecule has 10 heteroatoms.